The number of furan rings is 1. The van der Waals surface area contributed by atoms with Gasteiger partial charge in [-0.05, 0) is 60.0 Å². The minimum absolute atomic E-state index is 0.0814. The molecule has 0 N–H and O–H groups in total. The van der Waals surface area contributed by atoms with Crippen LogP contribution in [0.2, 0.25) is 0 Å². The Morgan fingerprint density at radius 1 is 1.00 bits per heavy atom. The number of amides is 1. The molecular weight excluding hydrogens is 502 g/mol. The molecular formula is C26H23NO7S2. The molecule has 1 fully saturated rings. The van der Waals surface area contributed by atoms with E-state index in [0.717, 1.165) is 5.56 Å². The van der Waals surface area contributed by atoms with Gasteiger partial charge in [0.15, 0.2) is 23.0 Å². The van der Waals surface area contributed by atoms with Crippen LogP contribution in [0.25, 0.3) is 6.08 Å². The Morgan fingerprint density at radius 2 is 1.72 bits per heavy atom. The van der Waals surface area contributed by atoms with Crippen molar-refractivity contribution in [1.29, 1.82) is 0 Å². The summed E-state index contributed by atoms with van der Waals surface area (Å²) in [6, 6.07) is 13.8. The van der Waals surface area contributed by atoms with Gasteiger partial charge in [-0.2, -0.15) is 0 Å². The van der Waals surface area contributed by atoms with Gasteiger partial charge >= 0.3 is 5.97 Å². The quantitative estimate of drug-likeness (QED) is 0.166. The highest BCUT2D eigenvalue weighted by molar-refractivity contribution is 8.26. The zero-order valence-electron chi connectivity index (χ0n) is 19.8. The largest absolute Gasteiger partial charge is 0.493 e. The second-order valence-corrected chi connectivity index (χ2v) is 9.23. The molecule has 1 aliphatic heterocycles. The number of rotatable bonds is 9. The molecule has 0 bridgehead atoms. The molecule has 0 aliphatic carbocycles. The van der Waals surface area contributed by atoms with Gasteiger partial charge in [-0.1, -0.05) is 36.1 Å². The molecule has 0 spiro atoms. The van der Waals surface area contributed by atoms with E-state index in [0.29, 0.717) is 45.0 Å². The third-order valence-corrected chi connectivity index (χ3v) is 6.73. The second kappa shape index (κ2) is 11.3. The first kappa shape index (κ1) is 25.3. The van der Waals surface area contributed by atoms with Crippen molar-refractivity contribution in [3.05, 3.63) is 76.6 Å². The van der Waals surface area contributed by atoms with Crippen molar-refractivity contribution >= 4 is 46.3 Å². The summed E-state index contributed by atoms with van der Waals surface area (Å²) in [6.07, 6.45) is 3.72. The Kier molecular flexibility index (Phi) is 7.97. The fourth-order valence-electron chi connectivity index (χ4n) is 3.52. The highest BCUT2D eigenvalue weighted by Gasteiger charge is 2.31. The lowest BCUT2D eigenvalue weighted by Crippen LogP contribution is -2.30. The van der Waals surface area contributed by atoms with Crippen LogP contribution < -0.4 is 18.9 Å². The monoisotopic (exact) mass is 525 g/mol. The molecule has 3 aromatic rings. The van der Waals surface area contributed by atoms with Crippen molar-refractivity contribution in [2.24, 2.45) is 0 Å². The topological polar surface area (TPSA) is 87.4 Å². The van der Waals surface area contributed by atoms with Gasteiger partial charge in [-0.15, -0.1) is 0 Å². The van der Waals surface area contributed by atoms with Gasteiger partial charge in [0.2, 0.25) is 5.76 Å². The number of hydrogen-bond acceptors (Lipinski definition) is 9. The fraction of sp³-hybridized carbons (Fsp3) is 0.192. The lowest BCUT2D eigenvalue weighted by molar-refractivity contribution is -0.122. The highest BCUT2D eigenvalue weighted by Crippen LogP contribution is 2.35. The number of carbonyl (C=O) groups is 2. The number of esters is 1. The zero-order chi connectivity index (χ0) is 25.7. The van der Waals surface area contributed by atoms with Gasteiger partial charge < -0.3 is 23.4 Å². The molecule has 0 saturated carbocycles. The normalized spacial score (nSPS) is 14.3. The average Bonchev–Trinajstić information content (AvgIpc) is 3.52. The average molecular weight is 526 g/mol. The minimum atomic E-state index is -0.638. The number of carbonyl (C=O) groups excluding carboxylic acids is 2. The van der Waals surface area contributed by atoms with Gasteiger partial charge in [0.25, 0.3) is 5.91 Å². The van der Waals surface area contributed by atoms with E-state index < -0.39 is 5.97 Å². The summed E-state index contributed by atoms with van der Waals surface area (Å²) in [5.41, 5.74) is 1.69. The zero-order valence-corrected chi connectivity index (χ0v) is 21.4. The Labute approximate surface area is 217 Å². The van der Waals surface area contributed by atoms with E-state index in [2.05, 4.69) is 0 Å². The van der Waals surface area contributed by atoms with Crippen LogP contribution >= 0.6 is 24.0 Å². The first-order chi connectivity index (χ1) is 17.4. The number of thiocarbonyl (C=S) groups is 1. The lowest BCUT2D eigenvalue weighted by atomic mass is 10.1. The first-order valence-electron chi connectivity index (χ1n) is 10.8. The number of methoxy groups -OCH3 is 3. The van der Waals surface area contributed by atoms with E-state index in [1.54, 1.807) is 49.5 Å². The van der Waals surface area contributed by atoms with Crippen molar-refractivity contribution in [1.82, 2.24) is 4.90 Å². The van der Waals surface area contributed by atoms with E-state index in [1.807, 2.05) is 18.2 Å². The summed E-state index contributed by atoms with van der Waals surface area (Å²) < 4.78 is 26.9. The van der Waals surface area contributed by atoms with E-state index >= 15 is 0 Å². The van der Waals surface area contributed by atoms with Crippen molar-refractivity contribution in [3.8, 4) is 23.0 Å². The summed E-state index contributed by atoms with van der Waals surface area (Å²) in [5.74, 6) is 1.13. The van der Waals surface area contributed by atoms with E-state index in [9.17, 15) is 9.59 Å². The van der Waals surface area contributed by atoms with Gasteiger partial charge in [0.1, 0.15) is 4.32 Å². The van der Waals surface area contributed by atoms with Gasteiger partial charge in [0, 0.05) is 6.54 Å². The van der Waals surface area contributed by atoms with Crippen LogP contribution in [-0.4, -0.2) is 49.0 Å². The molecule has 2 heterocycles. The second-order valence-electron chi connectivity index (χ2n) is 7.55. The third kappa shape index (κ3) is 5.55. The lowest BCUT2D eigenvalue weighted by Gasteiger charge is -2.15. The number of hydrogen-bond donors (Lipinski definition) is 0. The summed E-state index contributed by atoms with van der Waals surface area (Å²) in [4.78, 5) is 27.3. The standard InChI is InChI=1S/C26H23NO7S2/c1-30-18-8-6-16(13-21(18)31-2)10-11-27-24(28)23(36-26(27)35)15-17-7-9-19(22(14-17)32-3)34-25(29)20-5-4-12-33-20/h4-9,12-15H,10-11H2,1-3H3. The van der Waals surface area contributed by atoms with Crippen molar-refractivity contribution < 1.29 is 33.0 Å². The van der Waals surface area contributed by atoms with Crippen LogP contribution in [0.3, 0.4) is 0 Å². The molecule has 10 heteroatoms. The number of ether oxygens (including phenoxy) is 4. The van der Waals surface area contributed by atoms with Crippen LogP contribution in [0.4, 0.5) is 0 Å². The molecule has 4 rings (SSSR count). The summed E-state index contributed by atoms with van der Waals surface area (Å²) >= 11 is 6.70. The van der Waals surface area contributed by atoms with Crippen molar-refractivity contribution in [3.63, 3.8) is 0 Å². The van der Waals surface area contributed by atoms with Crippen molar-refractivity contribution in [2.75, 3.05) is 27.9 Å². The van der Waals surface area contributed by atoms with Crippen LogP contribution in [0.15, 0.2) is 64.1 Å². The first-order valence-corrected chi connectivity index (χ1v) is 12.1. The van der Waals surface area contributed by atoms with Crippen LogP contribution in [0, 0.1) is 0 Å². The maximum atomic E-state index is 13.1. The SMILES string of the molecule is COc1ccc(CCN2C(=O)C(=Cc3ccc(OC(=O)c4ccco4)c(OC)c3)SC2=S)cc1OC. The molecule has 1 aliphatic rings. The predicted molar refractivity (Wildman–Crippen MR) is 140 cm³/mol. The summed E-state index contributed by atoms with van der Waals surface area (Å²) in [5, 5.41) is 0. The maximum Gasteiger partial charge on any atom is 0.379 e. The van der Waals surface area contributed by atoms with Gasteiger partial charge in [0.05, 0.1) is 32.5 Å². The minimum Gasteiger partial charge on any atom is -0.493 e. The smallest absolute Gasteiger partial charge is 0.379 e. The molecule has 0 unspecified atom stereocenters. The van der Waals surface area contributed by atoms with Gasteiger partial charge in [-0.25, -0.2) is 4.79 Å². The number of nitrogens with zero attached hydrogens (tertiary/aromatic N) is 1. The Balaban J connectivity index is 1.45. The molecule has 2 aromatic carbocycles. The van der Waals surface area contributed by atoms with Gasteiger partial charge in [-0.3, -0.25) is 9.69 Å². The molecule has 0 radical (unpaired) electrons. The predicted octanol–water partition coefficient (Wildman–Crippen LogP) is 4.97. The van der Waals surface area contributed by atoms with E-state index in [-0.39, 0.29) is 17.4 Å². The summed E-state index contributed by atoms with van der Waals surface area (Å²) in [7, 11) is 4.64. The van der Waals surface area contributed by atoms with Crippen LogP contribution in [0.1, 0.15) is 21.7 Å². The van der Waals surface area contributed by atoms with Crippen LogP contribution in [-0.2, 0) is 11.2 Å². The molecule has 0 atom stereocenters. The van der Waals surface area contributed by atoms with Crippen LogP contribution in [0.5, 0.6) is 23.0 Å². The number of benzene rings is 2. The molecule has 36 heavy (non-hydrogen) atoms. The molecule has 186 valence electrons. The third-order valence-electron chi connectivity index (χ3n) is 5.36. The Hall–Kier alpha value is -3.76. The molecule has 8 nitrogen and oxygen atoms in total. The van der Waals surface area contributed by atoms with Crippen molar-refractivity contribution in [2.45, 2.75) is 6.42 Å². The Morgan fingerprint density at radius 3 is 2.42 bits per heavy atom. The maximum absolute atomic E-state index is 13.1. The van der Waals surface area contributed by atoms with E-state index in [1.165, 1.54) is 31.2 Å². The summed E-state index contributed by atoms with van der Waals surface area (Å²) in [6.45, 7) is 0.433. The molecule has 1 amide bonds. The fourth-order valence-corrected chi connectivity index (χ4v) is 4.83. The number of thioether (sulfide) groups is 1. The molecule has 1 saturated heterocycles. The molecule has 1 aromatic heterocycles. The Bertz CT molecular complexity index is 1320. The van der Waals surface area contributed by atoms with E-state index in [4.69, 9.17) is 35.6 Å². The highest BCUT2D eigenvalue weighted by atomic mass is 32.2.